The summed E-state index contributed by atoms with van der Waals surface area (Å²) in [6, 6.07) is 7.41. The van der Waals surface area contributed by atoms with Gasteiger partial charge in [-0.1, -0.05) is 12.1 Å². The molecule has 1 fully saturated rings. The molecule has 1 aromatic carbocycles. The molecule has 15 heavy (non-hydrogen) atoms. The van der Waals surface area contributed by atoms with E-state index in [1.54, 1.807) is 12.1 Å². The molecule has 0 radical (unpaired) electrons. The summed E-state index contributed by atoms with van der Waals surface area (Å²) in [5.41, 5.74) is 1.23. The van der Waals surface area contributed by atoms with Crippen LogP contribution in [0.5, 0.6) is 0 Å². The van der Waals surface area contributed by atoms with Crippen molar-refractivity contribution >= 4 is 11.8 Å². The summed E-state index contributed by atoms with van der Waals surface area (Å²) in [6.45, 7) is 3.33. The molecule has 1 nitrogen and oxygen atoms in total. The summed E-state index contributed by atoms with van der Waals surface area (Å²) in [7, 11) is 0. The van der Waals surface area contributed by atoms with Gasteiger partial charge in [-0.2, -0.15) is 11.8 Å². The monoisotopic (exact) mass is 225 g/mol. The van der Waals surface area contributed by atoms with Gasteiger partial charge in [0.05, 0.1) is 0 Å². The van der Waals surface area contributed by atoms with Crippen molar-refractivity contribution in [3.8, 4) is 0 Å². The van der Waals surface area contributed by atoms with Crippen LogP contribution in [0, 0.1) is 5.82 Å². The molecule has 2 atom stereocenters. The fraction of sp³-hybridized carbons (Fsp3) is 0.500. The summed E-state index contributed by atoms with van der Waals surface area (Å²) in [5, 5.41) is 4.08. The lowest BCUT2D eigenvalue weighted by Crippen LogP contribution is -2.42. The Morgan fingerprint density at radius 1 is 1.40 bits per heavy atom. The number of nitrogens with one attached hydrogen (secondary N) is 1. The maximum Gasteiger partial charge on any atom is 0.123 e. The highest BCUT2D eigenvalue weighted by molar-refractivity contribution is 8.00. The summed E-state index contributed by atoms with van der Waals surface area (Å²) in [5.74, 6) is 1.03. The van der Waals surface area contributed by atoms with Gasteiger partial charge in [-0.15, -0.1) is 0 Å². The van der Waals surface area contributed by atoms with E-state index in [-0.39, 0.29) is 5.82 Å². The molecule has 2 rings (SSSR count). The predicted octanol–water partition coefficient (Wildman–Crippen LogP) is 2.46. The Hall–Kier alpha value is -0.540. The Bertz CT molecular complexity index is 312. The Labute approximate surface area is 94.5 Å². The van der Waals surface area contributed by atoms with E-state index in [0.29, 0.717) is 11.3 Å². The normalized spacial score (nSPS) is 26.5. The quantitative estimate of drug-likeness (QED) is 0.830. The highest BCUT2D eigenvalue weighted by Gasteiger charge is 2.21. The van der Waals surface area contributed by atoms with Crippen molar-refractivity contribution in [3.05, 3.63) is 35.6 Å². The Balaban J connectivity index is 1.98. The van der Waals surface area contributed by atoms with E-state index in [0.717, 1.165) is 13.0 Å². The molecule has 1 aromatic rings. The van der Waals surface area contributed by atoms with Crippen molar-refractivity contribution in [1.82, 2.24) is 5.32 Å². The van der Waals surface area contributed by atoms with E-state index >= 15 is 0 Å². The van der Waals surface area contributed by atoms with Gasteiger partial charge in [-0.3, -0.25) is 0 Å². The summed E-state index contributed by atoms with van der Waals surface area (Å²) in [6.07, 6.45) is 1.03. The molecular formula is C12H16FNS. The van der Waals surface area contributed by atoms with E-state index in [1.165, 1.54) is 11.3 Å². The van der Waals surface area contributed by atoms with Crippen molar-refractivity contribution in [2.45, 2.75) is 24.6 Å². The fourth-order valence-electron chi connectivity index (χ4n) is 1.86. The third-order valence-electron chi connectivity index (χ3n) is 2.81. The molecule has 1 aliphatic heterocycles. The van der Waals surface area contributed by atoms with E-state index in [2.05, 4.69) is 12.2 Å². The average Bonchev–Trinajstić information content (AvgIpc) is 2.25. The SMILES string of the molecule is CC1NCCSC1Cc1ccc(F)cc1. The van der Waals surface area contributed by atoms with Crippen LogP contribution >= 0.6 is 11.8 Å². The Morgan fingerprint density at radius 3 is 2.80 bits per heavy atom. The van der Waals surface area contributed by atoms with E-state index < -0.39 is 0 Å². The predicted molar refractivity (Wildman–Crippen MR) is 63.8 cm³/mol. The number of hydrogen-bond donors (Lipinski definition) is 1. The maximum absolute atomic E-state index is 12.7. The molecular weight excluding hydrogens is 209 g/mol. The zero-order chi connectivity index (χ0) is 10.7. The lowest BCUT2D eigenvalue weighted by Gasteiger charge is -2.29. The third kappa shape index (κ3) is 2.95. The molecule has 2 unspecified atom stereocenters. The van der Waals surface area contributed by atoms with Crippen LogP contribution in [0.15, 0.2) is 24.3 Å². The van der Waals surface area contributed by atoms with Crippen LogP contribution < -0.4 is 5.32 Å². The second-order valence-corrected chi connectivity index (χ2v) is 5.33. The molecule has 1 N–H and O–H groups in total. The van der Waals surface area contributed by atoms with Crippen LogP contribution in [-0.2, 0) is 6.42 Å². The second kappa shape index (κ2) is 4.99. The first-order valence-corrected chi connectivity index (χ1v) is 6.40. The zero-order valence-electron chi connectivity index (χ0n) is 8.87. The van der Waals surface area contributed by atoms with Crippen LogP contribution in [0.4, 0.5) is 4.39 Å². The largest absolute Gasteiger partial charge is 0.312 e. The van der Waals surface area contributed by atoms with Gasteiger partial charge in [-0.05, 0) is 31.0 Å². The zero-order valence-corrected chi connectivity index (χ0v) is 9.69. The maximum atomic E-state index is 12.7. The Morgan fingerprint density at radius 2 is 2.13 bits per heavy atom. The summed E-state index contributed by atoms with van der Waals surface area (Å²) in [4.78, 5) is 0. The molecule has 0 amide bonds. The second-order valence-electron chi connectivity index (χ2n) is 3.98. The molecule has 0 bridgehead atoms. The molecule has 0 aliphatic carbocycles. The van der Waals surface area contributed by atoms with Crippen molar-refractivity contribution in [1.29, 1.82) is 0 Å². The number of halogens is 1. The van der Waals surface area contributed by atoms with Gasteiger partial charge in [0.15, 0.2) is 0 Å². The molecule has 82 valence electrons. The smallest absolute Gasteiger partial charge is 0.123 e. The minimum atomic E-state index is -0.152. The molecule has 1 aliphatic rings. The van der Waals surface area contributed by atoms with Gasteiger partial charge >= 0.3 is 0 Å². The van der Waals surface area contributed by atoms with Gasteiger partial charge in [0.2, 0.25) is 0 Å². The third-order valence-corrected chi connectivity index (χ3v) is 4.25. The number of rotatable bonds is 2. The molecule has 3 heteroatoms. The molecule has 0 saturated carbocycles. The molecule has 0 spiro atoms. The van der Waals surface area contributed by atoms with E-state index in [4.69, 9.17) is 0 Å². The first kappa shape index (κ1) is 11.0. The minimum Gasteiger partial charge on any atom is -0.312 e. The van der Waals surface area contributed by atoms with Crippen LogP contribution in [0.1, 0.15) is 12.5 Å². The van der Waals surface area contributed by atoms with Crippen molar-refractivity contribution in [2.75, 3.05) is 12.3 Å². The lowest BCUT2D eigenvalue weighted by atomic mass is 10.1. The van der Waals surface area contributed by atoms with Crippen molar-refractivity contribution in [3.63, 3.8) is 0 Å². The van der Waals surface area contributed by atoms with E-state index in [9.17, 15) is 4.39 Å². The molecule has 0 aromatic heterocycles. The first-order chi connectivity index (χ1) is 7.25. The average molecular weight is 225 g/mol. The van der Waals surface area contributed by atoms with Crippen molar-refractivity contribution in [2.24, 2.45) is 0 Å². The van der Waals surface area contributed by atoms with Gasteiger partial charge in [-0.25, -0.2) is 4.39 Å². The lowest BCUT2D eigenvalue weighted by molar-refractivity contribution is 0.528. The highest BCUT2D eigenvalue weighted by atomic mass is 32.2. The molecule has 1 saturated heterocycles. The first-order valence-electron chi connectivity index (χ1n) is 5.35. The minimum absolute atomic E-state index is 0.152. The summed E-state index contributed by atoms with van der Waals surface area (Å²) < 4.78 is 12.7. The topological polar surface area (TPSA) is 12.0 Å². The highest BCUT2D eigenvalue weighted by Crippen LogP contribution is 2.22. The van der Waals surface area contributed by atoms with Gasteiger partial charge < -0.3 is 5.32 Å². The van der Waals surface area contributed by atoms with Crippen LogP contribution in [0.3, 0.4) is 0 Å². The van der Waals surface area contributed by atoms with Gasteiger partial charge in [0, 0.05) is 23.6 Å². The van der Waals surface area contributed by atoms with Gasteiger partial charge in [0.25, 0.3) is 0 Å². The molecule has 1 heterocycles. The van der Waals surface area contributed by atoms with Crippen LogP contribution in [-0.4, -0.2) is 23.6 Å². The summed E-state index contributed by atoms with van der Waals surface area (Å²) >= 11 is 2.01. The number of thioether (sulfide) groups is 1. The standard InChI is InChI=1S/C12H16FNS/c1-9-12(15-7-6-14-9)8-10-2-4-11(13)5-3-10/h2-5,9,12,14H,6-8H2,1H3. The van der Waals surface area contributed by atoms with Gasteiger partial charge in [0.1, 0.15) is 5.82 Å². The van der Waals surface area contributed by atoms with Crippen LogP contribution in [0.25, 0.3) is 0 Å². The van der Waals surface area contributed by atoms with E-state index in [1.807, 2.05) is 23.9 Å². The Kier molecular flexibility index (Phi) is 3.65. The fourth-order valence-corrected chi connectivity index (χ4v) is 3.09. The van der Waals surface area contributed by atoms with Crippen LogP contribution in [0.2, 0.25) is 0 Å². The number of hydrogen-bond acceptors (Lipinski definition) is 2. The van der Waals surface area contributed by atoms with Crippen molar-refractivity contribution < 1.29 is 4.39 Å². The number of benzene rings is 1.